The maximum Gasteiger partial charge on any atom is 0.408 e. The van der Waals surface area contributed by atoms with Gasteiger partial charge in [0.2, 0.25) is 11.8 Å². The van der Waals surface area contributed by atoms with Crippen molar-refractivity contribution in [1.82, 2.24) is 20.5 Å². The number of carbonyl (C=O) groups excluding carboxylic acids is 3. The van der Waals surface area contributed by atoms with Crippen LogP contribution in [-0.4, -0.2) is 77.7 Å². The zero-order valence-electron chi connectivity index (χ0n) is 33.8. The third kappa shape index (κ3) is 8.58. The molecule has 2 N–H and O–H groups in total. The molecule has 3 fully saturated rings. The van der Waals surface area contributed by atoms with Gasteiger partial charge in [0.25, 0.3) is 7.37 Å². The highest BCUT2D eigenvalue weighted by molar-refractivity contribution is 7.60. The van der Waals surface area contributed by atoms with Gasteiger partial charge < -0.3 is 34.3 Å². The van der Waals surface area contributed by atoms with Gasteiger partial charge in [0.15, 0.2) is 0 Å². The maximum absolute atomic E-state index is 14.8. The smallest absolute Gasteiger partial charge is 0.408 e. The van der Waals surface area contributed by atoms with Crippen molar-refractivity contribution in [3.8, 4) is 28.5 Å². The first-order valence-electron chi connectivity index (χ1n) is 20.0. The van der Waals surface area contributed by atoms with E-state index in [9.17, 15) is 18.9 Å². The SMILES string of the molecule is C=C[C@@H]1C[C@]1(NC(=O)[C@@H]1C[C@@H](Oc2cc(-c3ccccc3)nc3cc(OC)ccc23)CN1C(=O)C(NC(=O)OC1CCCC1)C(C)(C)C)P(C)(=O)Oc1ccccc1. The number of ether oxygens (including phenoxy) is 3. The summed E-state index contributed by atoms with van der Waals surface area (Å²) in [5.41, 5.74) is 1.45. The topological polar surface area (TPSA) is 145 Å². The standard InChI is InChI=1S/C45H53N4O8P/c1-7-30-27-45(30,58(6,53)57-32-20-12-9-13-21-32)48-41(50)38-25-34(28-49(38)42(51)40(44(2,3)4)47-43(52)56-31-18-14-15-19-31)55-39-26-36(29-16-10-8-11-17-29)46-37-24-33(54-5)22-23-35(37)39/h7-13,16-17,20-24,26,30-31,34,38,40H,1,14-15,18-19,25,27-28H2,2-6H3,(H,47,52)(H,48,50)/t30-,34-,38+,40?,45+,58?/m1/s1. The van der Waals surface area contributed by atoms with Gasteiger partial charge in [-0.05, 0) is 61.8 Å². The van der Waals surface area contributed by atoms with Crippen molar-refractivity contribution in [3.63, 3.8) is 0 Å². The quantitative estimate of drug-likeness (QED) is 0.101. The first-order valence-corrected chi connectivity index (χ1v) is 22.0. The van der Waals surface area contributed by atoms with Crippen LogP contribution in [0.5, 0.6) is 17.2 Å². The summed E-state index contributed by atoms with van der Waals surface area (Å²) in [5, 5.41) is 5.45. The number of para-hydroxylation sites is 1. The van der Waals surface area contributed by atoms with Gasteiger partial charge in [-0.3, -0.25) is 14.2 Å². The first kappa shape index (κ1) is 40.8. The number of amides is 3. The number of alkyl carbamates (subject to hydrolysis) is 1. The molecule has 0 radical (unpaired) electrons. The Morgan fingerprint density at radius 3 is 2.29 bits per heavy atom. The number of benzene rings is 3. The molecular formula is C45H53N4O8P. The van der Waals surface area contributed by atoms with Gasteiger partial charge in [0.1, 0.15) is 46.8 Å². The molecule has 2 unspecified atom stereocenters. The van der Waals surface area contributed by atoms with Crippen molar-refractivity contribution >= 4 is 36.2 Å². The molecule has 1 aromatic heterocycles. The number of rotatable bonds is 13. The molecule has 2 saturated carbocycles. The van der Waals surface area contributed by atoms with Crippen LogP contribution in [0.4, 0.5) is 4.79 Å². The molecule has 0 spiro atoms. The normalized spacial score (nSPS) is 23.3. The van der Waals surface area contributed by atoms with E-state index in [4.69, 9.17) is 23.7 Å². The Labute approximate surface area is 340 Å². The number of nitrogens with zero attached hydrogens (tertiary/aromatic N) is 2. The lowest BCUT2D eigenvalue weighted by molar-refractivity contribution is -0.142. The van der Waals surface area contributed by atoms with Crippen LogP contribution in [0.1, 0.15) is 59.3 Å². The van der Waals surface area contributed by atoms with Crippen molar-refractivity contribution in [2.24, 2.45) is 11.3 Å². The summed E-state index contributed by atoms with van der Waals surface area (Å²) in [7, 11) is -1.97. The van der Waals surface area contributed by atoms with Crippen LogP contribution >= 0.6 is 7.37 Å². The molecule has 6 atom stereocenters. The van der Waals surface area contributed by atoms with Gasteiger partial charge in [0.05, 0.1) is 24.9 Å². The number of methoxy groups -OCH3 is 1. The van der Waals surface area contributed by atoms with Crippen LogP contribution in [-0.2, 0) is 18.9 Å². The highest BCUT2D eigenvalue weighted by Crippen LogP contribution is 2.69. The second kappa shape index (κ2) is 16.5. The molecule has 7 rings (SSSR count). The number of fused-ring (bicyclic) bond motifs is 1. The van der Waals surface area contributed by atoms with E-state index in [1.807, 2.05) is 81.4 Å². The number of pyridine rings is 1. The molecule has 3 amide bonds. The van der Waals surface area contributed by atoms with Gasteiger partial charge in [-0.1, -0.05) is 75.4 Å². The van der Waals surface area contributed by atoms with Crippen LogP contribution in [0.25, 0.3) is 22.2 Å². The number of carbonyl (C=O) groups is 3. The Morgan fingerprint density at radius 1 is 0.966 bits per heavy atom. The van der Waals surface area contributed by atoms with E-state index in [-0.39, 0.29) is 25.0 Å². The summed E-state index contributed by atoms with van der Waals surface area (Å²) in [6.45, 7) is 11.1. The Morgan fingerprint density at radius 2 is 1.66 bits per heavy atom. The Bertz CT molecular complexity index is 2210. The minimum absolute atomic E-state index is 0.0334. The van der Waals surface area contributed by atoms with E-state index in [1.54, 1.807) is 37.5 Å². The second-order valence-corrected chi connectivity index (χ2v) is 19.4. The Balaban J connectivity index is 1.22. The van der Waals surface area contributed by atoms with Gasteiger partial charge in [-0.25, -0.2) is 9.78 Å². The predicted octanol–water partition coefficient (Wildman–Crippen LogP) is 8.35. The van der Waals surface area contributed by atoms with Gasteiger partial charge in [-0.2, -0.15) is 0 Å². The number of hydrogen-bond donors (Lipinski definition) is 2. The monoisotopic (exact) mass is 808 g/mol. The summed E-state index contributed by atoms with van der Waals surface area (Å²) >= 11 is 0. The molecule has 58 heavy (non-hydrogen) atoms. The highest BCUT2D eigenvalue weighted by atomic mass is 31.2. The van der Waals surface area contributed by atoms with E-state index < -0.39 is 54.2 Å². The molecule has 13 heteroatoms. The summed E-state index contributed by atoms with van der Waals surface area (Å²) in [5.74, 6) is 0.298. The largest absolute Gasteiger partial charge is 0.497 e. The third-order valence-electron chi connectivity index (χ3n) is 11.5. The molecule has 2 heterocycles. The van der Waals surface area contributed by atoms with E-state index >= 15 is 0 Å². The average molecular weight is 809 g/mol. The molecule has 0 bridgehead atoms. The molecular weight excluding hydrogens is 755 g/mol. The van der Waals surface area contributed by atoms with Gasteiger partial charge in [-0.15, -0.1) is 6.58 Å². The molecule has 3 aromatic carbocycles. The molecule has 12 nitrogen and oxygen atoms in total. The van der Waals surface area contributed by atoms with Crippen LogP contribution in [0.15, 0.2) is 97.6 Å². The number of hydrogen-bond acceptors (Lipinski definition) is 9. The van der Waals surface area contributed by atoms with Crippen molar-refractivity contribution in [2.75, 3.05) is 20.3 Å². The Kier molecular flexibility index (Phi) is 11.6. The molecule has 1 saturated heterocycles. The molecule has 3 aliphatic rings. The van der Waals surface area contributed by atoms with Crippen LogP contribution in [0.3, 0.4) is 0 Å². The van der Waals surface area contributed by atoms with Crippen molar-refractivity contribution in [2.45, 2.75) is 88.9 Å². The minimum atomic E-state index is -3.56. The zero-order valence-corrected chi connectivity index (χ0v) is 34.7. The maximum atomic E-state index is 14.8. The summed E-state index contributed by atoms with van der Waals surface area (Å²) in [6.07, 6.45) is 4.14. The number of aromatic nitrogens is 1. The summed E-state index contributed by atoms with van der Waals surface area (Å²) in [4.78, 5) is 49.2. The van der Waals surface area contributed by atoms with Crippen molar-refractivity contribution in [1.29, 1.82) is 0 Å². The average Bonchev–Trinajstić information content (AvgIpc) is 3.46. The number of nitrogens with one attached hydrogen (secondary N) is 2. The van der Waals surface area contributed by atoms with Crippen LogP contribution in [0, 0.1) is 11.3 Å². The van der Waals surface area contributed by atoms with E-state index in [0.29, 0.717) is 34.9 Å². The fourth-order valence-electron chi connectivity index (χ4n) is 8.16. The molecule has 306 valence electrons. The zero-order chi connectivity index (χ0) is 41.2. The van der Waals surface area contributed by atoms with Gasteiger partial charge >= 0.3 is 6.09 Å². The number of likely N-dealkylation sites (tertiary alicyclic amines) is 1. The van der Waals surface area contributed by atoms with Crippen molar-refractivity contribution in [3.05, 3.63) is 97.6 Å². The molecule has 4 aromatic rings. The second-order valence-electron chi connectivity index (χ2n) is 16.7. The van der Waals surface area contributed by atoms with E-state index in [1.165, 1.54) is 11.6 Å². The summed E-state index contributed by atoms with van der Waals surface area (Å²) < 4.78 is 38.6. The predicted molar refractivity (Wildman–Crippen MR) is 223 cm³/mol. The molecule has 1 aliphatic heterocycles. The van der Waals surface area contributed by atoms with Crippen LogP contribution < -0.4 is 24.6 Å². The first-order chi connectivity index (χ1) is 27.7. The van der Waals surface area contributed by atoms with Gasteiger partial charge in [0, 0.05) is 42.1 Å². The highest BCUT2D eigenvalue weighted by Gasteiger charge is 2.66. The van der Waals surface area contributed by atoms with Crippen molar-refractivity contribution < 1.29 is 37.7 Å². The molecule has 2 aliphatic carbocycles. The van der Waals surface area contributed by atoms with E-state index in [2.05, 4.69) is 17.2 Å². The van der Waals surface area contributed by atoms with E-state index in [0.717, 1.165) is 36.6 Å². The minimum Gasteiger partial charge on any atom is -0.497 e. The third-order valence-corrected chi connectivity index (χ3v) is 14.1. The van der Waals surface area contributed by atoms with Crippen LogP contribution in [0.2, 0.25) is 0 Å². The fraction of sp³-hybridized carbons (Fsp3) is 0.422. The lowest BCUT2D eigenvalue weighted by Gasteiger charge is -2.36. The lowest BCUT2D eigenvalue weighted by atomic mass is 9.85. The fourth-order valence-corrected chi connectivity index (χ4v) is 10.4. The Hall–Kier alpha value is -5.35. The summed E-state index contributed by atoms with van der Waals surface area (Å²) in [6, 6.07) is 23.9. The lowest BCUT2D eigenvalue weighted by Crippen LogP contribution is -2.58.